The van der Waals surface area contributed by atoms with Gasteiger partial charge in [0.05, 0.1) is 30.0 Å². The lowest BCUT2D eigenvalue weighted by atomic mass is 10.2. The van der Waals surface area contributed by atoms with Gasteiger partial charge >= 0.3 is 6.18 Å². The highest BCUT2D eigenvalue weighted by atomic mass is 19.4. The molecule has 0 aromatic heterocycles. The van der Waals surface area contributed by atoms with Crippen molar-refractivity contribution in [2.24, 2.45) is 0 Å². The molecular weight excluding hydrogens is 337 g/mol. The van der Waals surface area contributed by atoms with E-state index in [0.29, 0.717) is 11.3 Å². The van der Waals surface area contributed by atoms with Gasteiger partial charge in [0.1, 0.15) is 11.5 Å². The van der Waals surface area contributed by atoms with Gasteiger partial charge in [-0.05, 0) is 36.4 Å². The Bertz CT molecular complexity index is 814. The zero-order valence-corrected chi connectivity index (χ0v) is 13.1. The molecule has 8 heteroatoms. The van der Waals surface area contributed by atoms with Gasteiger partial charge in [-0.3, -0.25) is 4.79 Å². The summed E-state index contributed by atoms with van der Waals surface area (Å²) in [6.45, 7) is -0.499. The van der Waals surface area contributed by atoms with Crippen LogP contribution in [0.25, 0.3) is 0 Å². The van der Waals surface area contributed by atoms with E-state index in [9.17, 15) is 18.0 Å². The summed E-state index contributed by atoms with van der Waals surface area (Å²) in [6.07, 6.45) is -4.49. The van der Waals surface area contributed by atoms with Crippen LogP contribution < -0.4 is 14.8 Å². The van der Waals surface area contributed by atoms with E-state index in [-0.39, 0.29) is 11.4 Å². The number of carbonyl (C=O) groups is 1. The molecule has 0 fully saturated rings. The number of anilines is 1. The minimum Gasteiger partial charge on any atom is -0.495 e. The van der Waals surface area contributed by atoms with Crippen LogP contribution in [0, 0.1) is 11.3 Å². The maximum atomic E-state index is 12.6. The van der Waals surface area contributed by atoms with Crippen molar-refractivity contribution in [3.05, 3.63) is 53.6 Å². The van der Waals surface area contributed by atoms with Gasteiger partial charge in [-0.2, -0.15) is 18.4 Å². The molecule has 0 aliphatic rings. The van der Waals surface area contributed by atoms with Gasteiger partial charge in [-0.25, -0.2) is 0 Å². The monoisotopic (exact) mass is 350 g/mol. The van der Waals surface area contributed by atoms with Gasteiger partial charge in [0, 0.05) is 0 Å². The van der Waals surface area contributed by atoms with Crippen molar-refractivity contribution < 1.29 is 27.4 Å². The SMILES string of the molecule is COc1ccc(C#N)cc1NC(=O)COc1cccc(C(F)(F)F)c1. The number of methoxy groups -OCH3 is 1. The van der Waals surface area contributed by atoms with Crippen LogP contribution in [0.4, 0.5) is 18.9 Å². The van der Waals surface area contributed by atoms with Crippen LogP contribution in [0.3, 0.4) is 0 Å². The van der Waals surface area contributed by atoms with Gasteiger partial charge in [-0.1, -0.05) is 6.07 Å². The minimum absolute atomic E-state index is 0.0808. The summed E-state index contributed by atoms with van der Waals surface area (Å²) >= 11 is 0. The molecule has 1 amide bonds. The molecule has 1 N–H and O–H groups in total. The molecule has 0 radical (unpaired) electrons. The number of alkyl halides is 3. The first kappa shape index (κ1) is 18.1. The fraction of sp³-hybridized carbons (Fsp3) is 0.176. The summed E-state index contributed by atoms with van der Waals surface area (Å²) in [6, 6.07) is 10.6. The Labute approximate surface area is 141 Å². The lowest BCUT2D eigenvalue weighted by Gasteiger charge is -2.12. The van der Waals surface area contributed by atoms with Crippen LogP contribution in [0.1, 0.15) is 11.1 Å². The van der Waals surface area contributed by atoms with Gasteiger partial charge in [-0.15, -0.1) is 0 Å². The lowest BCUT2D eigenvalue weighted by molar-refractivity contribution is -0.137. The maximum absolute atomic E-state index is 12.6. The summed E-state index contributed by atoms with van der Waals surface area (Å²) in [4.78, 5) is 11.9. The highest BCUT2D eigenvalue weighted by Gasteiger charge is 2.30. The van der Waals surface area contributed by atoms with E-state index < -0.39 is 24.3 Å². The number of hydrogen-bond donors (Lipinski definition) is 1. The number of nitrogens with one attached hydrogen (secondary N) is 1. The van der Waals surface area contributed by atoms with E-state index in [1.807, 2.05) is 6.07 Å². The number of rotatable bonds is 5. The van der Waals surface area contributed by atoms with Gasteiger partial charge in [0.25, 0.3) is 5.91 Å². The zero-order chi connectivity index (χ0) is 18.4. The number of benzene rings is 2. The predicted octanol–water partition coefficient (Wildman–Crippen LogP) is 3.60. The van der Waals surface area contributed by atoms with E-state index in [4.69, 9.17) is 14.7 Å². The molecule has 0 aliphatic heterocycles. The molecule has 0 spiro atoms. The molecule has 0 saturated heterocycles. The number of ether oxygens (including phenoxy) is 2. The molecule has 130 valence electrons. The fourth-order valence-corrected chi connectivity index (χ4v) is 1.97. The van der Waals surface area contributed by atoms with E-state index in [1.54, 1.807) is 0 Å². The maximum Gasteiger partial charge on any atom is 0.416 e. The second kappa shape index (κ2) is 7.57. The molecule has 5 nitrogen and oxygen atoms in total. The van der Waals surface area contributed by atoms with E-state index >= 15 is 0 Å². The van der Waals surface area contributed by atoms with Crippen LogP contribution >= 0.6 is 0 Å². The summed E-state index contributed by atoms with van der Waals surface area (Å²) in [5.74, 6) is -0.347. The number of nitriles is 1. The first-order valence-electron chi connectivity index (χ1n) is 7.01. The van der Waals surface area contributed by atoms with Crippen LogP contribution in [-0.2, 0) is 11.0 Å². The largest absolute Gasteiger partial charge is 0.495 e. The van der Waals surface area contributed by atoms with E-state index in [0.717, 1.165) is 12.1 Å². The van der Waals surface area contributed by atoms with Crippen LogP contribution in [0.5, 0.6) is 11.5 Å². The van der Waals surface area contributed by atoms with Crippen molar-refractivity contribution in [1.82, 2.24) is 0 Å². The number of halogens is 3. The fourth-order valence-electron chi connectivity index (χ4n) is 1.97. The topological polar surface area (TPSA) is 71.3 Å². The Kier molecular flexibility index (Phi) is 5.49. The van der Waals surface area contributed by atoms with Crippen molar-refractivity contribution >= 4 is 11.6 Å². The quantitative estimate of drug-likeness (QED) is 0.894. The summed E-state index contributed by atoms with van der Waals surface area (Å²) in [7, 11) is 1.40. The third kappa shape index (κ3) is 4.88. The minimum atomic E-state index is -4.49. The second-order valence-electron chi connectivity index (χ2n) is 4.89. The molecular formula is C17H13F3N2O3. The van der Waals surface area contributed by atoms with Gasteiger partial charge in [0.2, 0.25) is 0 Å². The highest BCUT2D eigenvalue weighted by molar-refractivity contribution is 5.93. The van der Waals surface area contributed by atoms with E-state index in [1.165, 1.54) is 37.4 Å². The Morgan fingerprint density at radius 3 is 2.64 bits per heavy atom. The molecule has 0 heterocycles. The highest BCUT2D eigenvalue weighted by Crippen LogP contribution is 2.31. The standard InChI is InChI=1S/C17H13F3N2O3/c1-24-15-6-5-11(9-21)7-14(15)22-16(23)10-25-13-4-2-3-12(8-13)17(18,19)20/h2-8H,10H2,1H3,(H,22,23). The molecule has 25 heavy (non-hydrogen) atoms. The normalized spacial score (nSPS) is 10.7. The van der Waals surface area contributed by atoms with Crippen LogP contribution in [0.15, 0.2) is 42.5 Å². The van der Waals surface area contributed by atoms with Crippen molar-refractivity contribution in [3.63, 3.8) is 0 Å². The zero-order valence-electron chi connectivity index (χ0n) is 13.1. The molecule has 2 aromatic carbocycles. The third-order valence-electron chi connectivity index (χ3n) is 3.13. The molecule has 0 atom stereocenters. The molecule has 0 aliphatic carbocycles. The smallest absolute Gasteiger partial charge is 0.416 e. The average molecular weight is 350 g/mol. The van der Waals surface area contributed by atoms with Crippen molar-refractivity contribution in [2.75, 3.05) is 19.0 Å². The van der Waals surface area contributed by atoms with Crippen molar-refractivity contribution in [2.45, 2.75) is 6.18 Å². The molecule has 2 rings (SSSR count). The number of carbonyl (C=O) groups excluding carboxylic acids is 1. The second-order valence-corrected chi connectivity index (χ2v) is 4.89. The first-order chi connectivity index (χ1) is 11.8. The summed E-state index contributed by atoms with van der Waals surface area (Å²) in [5, 5.41) is 11.4. The van der Waals surface area contributed by atoms with Crippen molar-refractivity contribution in [1.29, 1.82) is 5.26 Å². The molecule has 0 unspecified atom stereocenters. The Morgan fingerprint density at radius 2 is 2.00 bits per heavy atom. The predicted molar refractivity (Wildman–Crippen MR) is 83.3 cm³/mol. The average Bonchev–Trinajstić information content (AvgIpc) is 2.59. The van der Waals surface area contributed by atoms with Gasteiger partial charge < -0.3 is 14.8 Å². The van der Waals surface area contributed by atoms with Gasteiger partial charge in [0.15, 0.2) is 6.61 Å². The summed E-state index contributed by atoms with van der Waals surface area (Å²) in [5.41, 5.74) is -0.289. The molecule has 0 bridgehead atoms. The van der Waals surface area contributed by atoms with Crippen molar-refractivity contribution in [3.8, 4) is 17.6 Å². The first-order valence-corrected chi connectivity index (χ1v) is 7.01. The number of hydrogen-bond acceptors (Lipinski definition) is 4. The van der Waals surface area contributed by atoms with Crippen LogP contribution in [0.2, 0.25) is 0 Å². The number of amides is 1. The Hall–Kier alpha value is -3.21. The van der Waals surface area contributed by atoms with E-state index in [2.05, 4.69) is 5.32 Å². The molecule has 0 saturated carbocycles. The Morgan fingerprint density at radius 1 is 1.24 bits per heavy atom. The third-order valence-corrected chi connectivity index (χ3v) is 3.13. The summed E-state index contributed by atoms with van der Waals surface area (Å²) < 4.78 is 48.1. The molecule has 2 aromatic rings. The lowest BCUT2D eigenvalue weighted by Crippen LogP contribution is -2.20. The Balaban J connectivity index is 2.03. The van der Waals surface area contributed by atoms with Crippen LogP contribution in [-0.4, -0.2) is 19.6 Å². The number of nitrogens with zero attached hydrogens (tertiary/aromatic N) is 1.